The molecule has 1 unspecified atom stereocenters. The molecule has 0 heterocycles. The molecule has 3 nitrogen and oxygen atoms in total. The zero-order valence-corrected chi connectivity index (χ0v) is 8.01. The lowest BCUT2D eigenvalue weighted by molar-refractivity contribution is 0.169. The van der Waals surface area contributed by atoms with Gasteiger partial charge in [0.15, 0.2) is 0 Å². The minimum Gasteiger partial charge on any atom is -0.385 e. The van der Waals surface area contributed by atoms with Crippen molar-refractivity contribution in [3.8, 4) is 0 Å². The number of rotatable bonds is 2. The van der Waals surface area contributed by atoms with Gasteiger partial charge in [-0.1, -0.05) is 0 Å². The van der Waals surface area contributed by atoms with Crippen molar-refractivity contribution in [2.24, 2.45) is 10.7 Å². The SMILES string of the molecule is COC(C)C(N)=NC(C)(C)C. The van der Waals surface area contributed by atoms with Gasteiger partial charge in [-0.2, -0.15) is 0 Å². The van der Waals surface area contributed by atoms with Crippen LogP contribution >= 0.6 is 0 Å². The number of methoxy groups -OCH3 is 1. The molecule has 11 heavy (non-hydrogen) atoms. The standard InChI is InChI=1S/C8H18N2O/c1-6(11-5)7(9)10-8(2,3)4/h6H,1-5H3,(H2,9,10). The Hall–Kier alpha value is -0.570. The molecule has 0 aromatic carbocycles. The third-order valence-electron chi connectivity index (χ3n) is 1.23. The van der Waals surface area contributed by atoms with E-state index in [1.807, 2.05) is 27.7 Å². The van der Waals surface area contributed by atoms with E-state index in [4.69, 9.17) is 10.5 Å². The molecule has 0 aliphatic rings. The van der Waals surface area contributed by atoms with Gasteiger partial charge in [0, 0.05) is 7.11 Å². The number of nitrogens with two attached hydrogens (primary N) is 1. The second-order valence-electron chi connectivity index (χ2n) is 3.59. The van der Waals surface area contributed by atoms with Gasteiger partial charge in [-0.15, -0.1) is 0 Å². The van der Waals surface area contributed by atoms with Gasteiger partial charge in [0.25, 0.3) is 0 Å². The Labute approximate surface area is 68.6 Å². The molecule has 0 spiro atoms. The van der Waals surface area contributed by atoms with Gasteiger partial charge in [-0.05, 0) is 27.7 Å². The zero-order chi connectivity index (χ0) is 9.07. The van der Waals surface area contributed by atoms with Crippen molar-refractivity contribution in [2.45, 2.75) is 39.3 Å². The molecule has 0 aliphatic heterocycles. The number of hydrogen-bond donors (Lipinski definition) is 1. The summed E-state index contributed by atoms with van der Waals surface area (Å²) in [5.74, 6) is 0.556. The van der Waals surface area contributed by atoms with Gasteiger partial charge in [0.2, 0.25) is 0 Å². The van der Waals surface area contributed by atoms with E-state index < -0.39 is 0 Å². The summed E-state index contributed by atoms with van der Waals surface area (Å²) in [5.41, 5.74) is 5.52. The van der Waals surface area contributed by atoms with Gasteiger partial charge < -0.3 is 10.5 Å². The maximum Gasteiger partial charge on any atom is 0.123 e. The lowest BCUT2D eigenvalue weighted by Gasteiger charge is -2.16. The Morgan fingerprint density at radius 2 is 1.91 bits per heavy atom. The number of hydrogen-bond acceptors (Lipinski definition) is 2. The lowest BCUT2D eigenvalue weighted by Crippen LogP contribution is -2.31. The molecule has 0 bridgehead atoms. The summed E-state index contributed by atoms with van der Waals surface area (Å²) >= 11 is 0. The van der Waals surface area contributed by atoms with E-state index in [-0.39, 0.29) is 11.6 Å². The molecule has 0 aromatic rings. The van der Waals surface area contributed by atoms with Gasteiger partial charge >= 0.3 is 0 Å². The van der Waals surface area contributed by atoms with Crippen LogP contribution in [0, 0.1) is 0 Å². The van der Waals surface area contributed by atoms with E-state index in [1.165, 1.54) is 0 Å². The molecule has 0 radical (unpaired) electrons. The van der Waals surface area contributed by atoms with Crippen LogP contribution < -0.4 is 5.73 Å². The van der Waals surface area contributed by atoms with E-state index in [0.29, 0.717) is 5.84 Å². The molecular formula is C8H18N2O. The van der Waals surface area contributed by atoms with Crippen LogP contribution in [-0.4, -0.2) is 24.6 Å². The van der Waals surface area contributed by atoms with E-state index in [9.17, 15) is 0 Å². The van der Waals surface area contributed by atoms with Crippen LogP contribution in [0.5, 0.6) is 0 Å². The molecule has 0 aliphatic carbocycles. The first-order chi connectivity index (χ1) is 4.87. The molecule has 0 amide bonds. The summed E-state index contributed by atoms with van der Waals surface area (Å²) in [6, 6.07) is 0. The van der Waals surface area contributed by atoms with Crippen LogP contribution in [0.25, 0.3) is 0 Å². The molecule has 0 saturated heterocycles. The summed E-state index contributed by atoms with van der Waals surface area (Å²) < 4.78 is 5.00. The summed E-state index contributed by atoms with van der Waals surface area (Å²) in [5, 5.41) is 0. The highest BCUT2D eigenvalue weighted by atomic mass is 16.5. The van der Waals surface area contributed by atoms with E-state index in [0.717, 1.165) is 0 Å². The predicted octanol–water partition coefficient (Wildman–Crippen LogP) is 1.18. The topological polar surface area (TPSA) is 47.6 Å². The summed E-state index contributed by atoms with van der Waals surface area (Å²) in [7, 11) is 1.62. The Morgan fingerprint density at radius 3 is 2.18 bits per heavy atom. The molecule has 3 heteroatoms. The molecular weight excluding hydrogens is 140 g/mol. The lowest BCUT2D eigenvalue weighted by atomic mass is 10.1. The van der Waals surface area contributed by atoms with Gasteiger partial charge in [0.05, 0.1) is 5.54 Å². The van der Waals surface area contributed by atoms with Gasteiger partial charge in [0.1, 0.15) is 11.9 Å². The minimum atomic E-state index is -0.114. The Bertz CT molecular complexity index is 147. The van der Waals surface area contributed by atoms with Gasteiger partial charge in [-0.3, -0.25) is 4.99 Å². The summed E-state index contributed by atoms with van der Waals surface area (Å²) in [4.78, 5) is 4.25. The van der Waals surface area contributed by atoms with Gasteiger partial charge in [-0.25, -0.2) is 0 Å². The van der Waals surface area contributed by atoms with E-state index >= 15 is 0 Å². The van der Waals surface area contributed by atoms with Crippen LogP contribution in [0.3, 0.4) is 0 Å². The molecule has 1 atom stereocenters. The average molecular weight is 158 g/mol. The summed E-state index contributed by atoms with van der Waals surface area (Å²) in [6.45, 7) is 7.89. The molecule has 0 rings (SSSR count). The third-order valence-corrected chi connectivity index (χ3v) is 1.23. The van der Waals surface area contributed by atoms with Crippen molar-refractivity contribution in [3.05, 3.63) is 0 Å². The highest BCUT2D eigenvalue weighted by molar-refractivity contribution is 5.84. The summed E-state index contributed by atoms with van der Waals surface area (Å²) in [6.07, 6.45) is -0.0887. The monoisotopic (exact) mass is 158 g/mol. The van der Waals surface area contributed by atoms with Crippen LogP contribution in [-0.2, 0) is 4.74 Å². The van der Waals surface area contributed by atoms with Crippen LogP contribution in [0.1, 0.15) is 27.7 Å². The first kappa shape index (κ1) is 10.4. The van der Waals surface area contributed by atoms with Crippen molar-refractivity contribution in [2.75, 3.05) is 7.11 Å². The first-order valence-corrected chi connectivity index (χ1v) is 3.75. The number of ether oxygens (including phenoxy) is 1. The number of aliphatic imine (C=N–C) groups is 1. The second-order valence-corrected chi connectivity index (χ2v) is 3.59. The second kappa shape index (κ2) is 3.72. The Kier molecular flexibility index (Phi) is 3.52. The molecule has 0 fully saturated rings. The van der Waals surface area contributed by atoms with Crippen molar-refractivity contribution >= 4 is 5.84 Å². The van der Waals surface area contributed by atoms with E-state index in [2.05, 4.69) is 4.99 Å². The fourth-order valence-corrected chi connectivity index (χ4v) is 0.599. The quantitative estimate of drug-likeness (QED) is 0.484. The highest BCUT2D eigenvalue weighted by Gasteiger charge is 2.11. The smallest absolute Gasteiger partial charge is 0.123 e. The Morgan fingerprint density at radius 1 is 1.45 bits per heavy atom. The zero-order valence-electron chi connectivity index (χ0n) is 8.01. The highest BCUT2D eigenvalue weighted by Crippen LogP contribution is 2.06. The number of amidine groups is 1. The molecule has 0 saturated carbocycles. The van der Waals surface area contributed by atoms with Crippen molar-refractivity contribution < 1.29 is 4.74 Å². The maximum atomic E-state index is 5.64. The van der Waals surface area contributed by atoms with Crippen molar-refractivity contribution in [1.29, 1.82) is 0 Å². The third kappa shape index (κ3) is 4.79. The Balaban J connectivity index is 4.22. The number of nitrogens with zero attached hydrogens (tertiary/aromatic N) is 1. The van der Waals surface area contributed by atoms with Crippen LogP contribution in [0.4, 0.5) is 0 Å². The molecule has 0 aromatic heterocycles. The fourth-order valence-electron chi connectivity index (χ4n) is 0.599. The maximum absolute atomic E-state index is 5.64. The van der Waals surface area contributed by atoms with E-state index in [1.54, 1.807) is 7.11 Å². The largest absolute Gasteiger partial charge is 0.385 e. The molecule has 66 valence electrons. The normalized spacial score (nSPS) is 16.6. The predicted molar refractivity (Wildman–Crippen MR) is 47.8 cm³/mol. The van der Waals surface area contributed by atoms with Crippen molar-refractivity contribution in [3.63, 3.8) is 0 Å². The van der Waals surface area contributed by atoms with Crippen LogP contribution in [0.15, 0.2) is 4.99 Å². The average Bonchev–Trinajstić information content (AvgIpc) is 1.82. The molecule has 2 N–H and O–H groups in total. The minimum absolute atomic E-state index is 0.0887. The van der Waals surface area contributed by atoms with Crippen LogP contribution in [0.2, 0.25) is 0 Å². The first-order valence-electron chi connectivity index (χ1n) is 3.75. The fraction of sp³-hybridized carbons (Fsp3) is 0.875. The van der Waals surface area contributed by atoms with Crippen molar-refractivity contribution in [1.82, 2.24) is 0 Å².